The van der Waals surface area contributed by atoms with Crippen molar-refractivity contribution in [3.05, 3.63) is 10.5 Å². The zero-order valence-electron chi connectivity index (χ0n) is 11.4. The van der Waals surface area contributed by atoms with Gasteiger partial charge in [-0.3, -0.25) is 0 Å². The Bertz CT molecular complexity index is 658. The van der Waals surface area contributed by atoms with Crippen LogP contribution in [0.4, 0.5) is 0 Å². The van der Waals surface area contributed by atoms with Crippen molar-refractivity contribution in [2.75, 3.05) is 0 Å². The summed E-state index contributed by atoms with van der Waals surface area (Å²) in [7, 11) is 0. The highest BCUT2D eigenvalue weighted by molar-refractivity contribution is 7.71. The summed E-state index contributed by atoms with van der Waals surface area (Å²) in [4.78, 5) is 3.30. The van der Waals surface area contributed by atoms with Gasteiger partial charge in [0.25, 0.3) is 0 Å². The molecule has 3 rings (SSSR count). The number of nitrogens with zero attached hydrogens (tertiary/aromatic N) is 3. The molecule has 4 nitrogen and oxygen atoms in total. The Morgan fingerprint density at radius 1 is 1.50 bits per heavy atom. The van der Waals surface area contributed by atoms with Crippen LogP contribution < -0.4 is 0 Å². The molecule has 2 aromatic heterocycles. The van der Waals surface area contributed by atoms with Gasteiger partial charge < -0.3 is 9.55 Å². The first kappa shape index (κ1) is 12.0. The molecular weight excluding hydrogens is 244 g/mol. The molecule has 1 unspecified atom stereocenters. The Kier molecular flexibility index (Phi) is 2.46. The Hall–Kier alpha value is -1.10. The zero-order chi connectivity index (χ0) is 13.1. The number of hydrogen-bond donors (Lipinski definition) is 1. The molecule has 0 bridgehead atoms. The van der Waals surface area contributed by atoms with Gasteiger partial charge >= 0.3 is 0 Å². The van der Waals surface area contributed by atoms with Crippen LogP contribution in [0.5, 0.6) is 0 Å². The van der Waals surface area contributed by atoms with E-state index in [0.29, 0.717) is 5.41 Å². The Morgan fingerprint density at radius 2 is 2.17 bits per heavy atom. The number of hydrogen-bond acceptors (Lipinski definition) is 2. The van der Waals surface area contributed by atoms with Crippen molar-refractivity contribution < 1.29 is 0 Å². The standard InChI is InChI=1S/C13H20N4S/c1-5-17-11-10(8(2)15-17)14-12(18)16(11)7-9-6-13(9,3)4/h9H,5-7H2,1-4H3,(H,14,18). The second-order valence-corrected chi connectivity index (χ2v) is 6.42. The fraction of sp³-hybridized carbons (Fsp3) is 0.692. The molecule has 1 N–H and O–H groups in total. The predicted molar refractivity (Wildman–Crippen MR) is 75.2 cm³/mol. The van der Waals surface area contributed by atoms with E-state index in [4.69, 9.17) is 12.2 Å². The summed E-state index contributed by atoms with van der Waals surface area (Å²) in [6, 6.07) is 0. The van der Waals surface area contributed by atoms with Crippen LogP contribution in [-0.2, 0) is 13.1 Å². The smallest absolute Gasteiger partial charge is 0.179 e. The van der Waals surface area contributed by atoms with Gasteiger partial charge in [0.15, 0.2) is 10.4 Å². The van der Waals surface area contributed by atoms with Crippen LogP contribution in [0.1, 0.15) is 32.9 Å². The summed E-state index contributed by atoms with van der Waals surface area (Å²) in [6.45, 7) is 10.7. The van der Waals surface area contributed by atoms with Crippen molar-refractivity contribution in [2.24, 2.45) is 11.3 Å². The van der Waals surface area contributed by atoms with Crippen molar-refractivity contribution in [3.63, 3.8) is 0 Å². The molecule has 1 saturated carbocycles. The Labute approximate surface area is 112 Å². The number of H-pyrrole nitrogens is 1. The summed E-state index contributed by atoms with van der Waals surface area (Å²) in [5, 5.41) is 4.55. The summed E-state index contributed by atoms with van der Waals surface area (Å²) < 4.78 is 5.11. The molecule has 5 heteroatoms. The van der Waals surface area contributed by atoms with Gasteiger partial charge in [0, 0.05) is 13.1 Å². The highest BCUT2D eigenvalue weighted by Gasteiger charge is 2.45. The first-order valence-corrected chi connectivity index (χ1v) is 7.01. The molecule has 0 radical (unpaired) electrons. The minimum Gasteiger partial charge on any atom is -0.328 e. The number of aromatic amines is 1. The number of rotatable bonds is 3. The average Bonchev–Trinajstić information content (AvgIpc) is 2.64. The maximum absolute atomic E-state index is 5.46. The largest absolute Gasteiger partial charge is 0.328 e. The fourth-order valence-electron chi connectivity index (χ4n) is 2.76. The van der Waals surface area contributed by atoms with Crippen molar-refractivity contribution in [1.29, 1.82) is 0 Å². The van der Waals surface area contributed by atoms with E-state index in [1.54, 1.807) is 0 Å². The molecule has 18 heavy (non-hydrogen) atoms. The normalized spacial score (nSPS) is 21.7. The molecular formula is C13H20N4S. The molecule has 0 aromatic carbocycles. The number of fused-ring (bicyclic) bond motifs is 1. The third kappa shape index (κ3) is 1.64. The molecule has 0 amide bonds. The second kappa shape index (κ2) is 3.70. The molecule has 2 aromatic rings. The van der Waals surface area contributed by atoms with Crippen LogP contribution in [0, 0.1) is 23.0 Å². The molecule has 1 aliphatic rings. The lowest BCUT2D eigenvalue weighted by Crippen LogP contribution is -2.08. The quantitative estimate of drug-likeness (QED) is 0.864. The van der Waals surface area contributed by atoms with Crippen molar-refractivity contribution in [3.8, 4) is 0 Å². The van der Waals surface area contributed by atoms with Crippen molar-refractivity contribution in [1.82, 2.24) is 19.3 Å². The average molecular weight is 264 g/mol. The van der Waals surface area contributed by atoms with Crippen LogP contribution in [0.15, 0.2) is 0 Å². The van der Waals surface area contributed by atoms with Gasteiger partial charge in [-0.25, -0.2) is 4.68 Å². The van der Waals surface area contributed by atoms with Crippen LogP contribution in [0.25, 0.3) is 11.2 Å². The maximum atomic E-state index is 5.46. The molecule has 1 aliphatic carbocycles. The van der Waals surface area contributed by atoms with Gasteiger partial charge in [0.05, 0.1) is 5.69 Å². The molecule has 1 fully saturated rings. The number of aromatic nitrogens is 4. The number of nitrogens with one attached hydrogen (secondary N) is 1. The van der Waals surface area contributed by atoms with E-state index >= 15 is 0 Å². The third-order valence-corrected chi connectivity index (χ3v) is 4.58. The first-order valence-electron chi connectivity index (χ1n) is 6.60. The minimum atomic E-state index is 0.477. The van der Waals surface area contributed by atoms with Gasteiger partial charge in [0.1, 0.15) is 5.52 Å². The fourth-order valence-corrected chi connectivity index (χ4v) is 3.02. The summed E-state index contributed by atoms with van der Waals surface area (Å²) in [5.41, 5.74) is 3.76. The Morgan fingerprint density at radius 3 is 2.72 bits per heavy atom. The molecule has 0 saturated heterocycles. The lowest BCUT2D eigenvalue weighted by Gasteiger charge is -2.07. The van der Waals surface area contributed by atoms with E-state index in [9.17, 15) is 0 Å². The van der Waals surface area contributed by atoms with Gasteiger partial charge in [-0.1, -0.05) is 13.8 Å². The van der Waals surface area contributed by atoms with E-state index in [2.05, 4.69) is 35.4 Å². The summed E-state index contributed by atoms with van der Waals surface area (Å²) >= 11 is 5.46. The third-order valence-electron chi connectivity index (χ3n) is 4.25. The number of imidazole rings is 1. The van der Waals surface area contributed by atoms with Gasteiger partial charge in [-0.05, 0) is 43.8 Å². The zero-order valence-corrected chi connectivity index (χ0v) is 12.3. The Balaban J connectivity index is 2.10. The molecule has 1 atom stereocenters. The van der Waals surface area contributed by atoms with Gasteiger partial charge in [-0.15, -0.1) is 0 Å². The lowest BCUT2D eigenvalue weighted by molar-refractivity contribution is 0.494. The van der Waals surface area contributed by atoms with E-state index in [0.717, 1.165) is 40.6 Å². The molecule has 0 aliphatic heterocycles. The summed E-state index contributed by atoms with van der Waals surface area (Å²) in [5.74, 6) is 0.740. The molecule has 0 spiro atoms. The maximum Gasteiger partial charge on any atom is 0.179 e. The topological polar surface area (TPSA) is 38.5 Å². The minimum absolute atomic E-state index is 0.477. The first-order chi connectivity index (χ1) is 8.44. The van der Waals surface area contributed by atoms with Crippen LogP contribution in [0.3, 0.4) is 0 Å². The van der Waals surface area contributed by atoms with E-state index in [1.165, 1.54) is 6.42 Å². The van der Waals surface area contributed by atoms with E-state index < -0.39 is 0 Å². The van der Waals surface area contributed by atoms with E-state index in [-0.39, 0.29) is 0 Å². The molecule has 2 heterocycles. The molecule has 98 valence electrons. The van der Waals surface area contributed by atoms with Crippen LogP contribution in [0.2, 0.25) is 0 Å². The van der Waals surface area contributed by atoms with E-state index in [1.807, 2.05) is 11.6 Å². The van der Waals surface area contributed by atoms with Crippen molar-refractivity contribution >= 4 is 23.4 Å². The van der Waals surface area contributed by atoms with Gasteiger partial charge in [-0.2, -0.15) is 5.10 Å². The van der Waals surface area contributed by atoms with Crippen LogP contribution >= 0.6 is 12.2 Å². The van der Waals surface area contributed by atoms with Gasteiger partial charge in [0.2, 0.25) is 0 Å². The van der Waals surface area contributed by atoms with Crippen molar-refractivity contribution in [2.45, 2.75) is 47.2 Å². The highest BCUT2D eigenvalue weighted by atomic mass is 32.1. The highest BCUT2D eigenvalue weighted by Crippen LogP contribution is 2.52. The summed E-state index contributed by atoms with van der Waals surface area (Å²) in [6.07, 6.45) is 1.29. The SMILES string of the molecule is CCn1nc(C)c2[nH]c(=S)n(CC3CC3(C)C)c21. The monoisotopic (exact) mass is 264 g/mol. The lowest BCUT2D eigenvalue weighted by atomic mass is 10.1. The predicted octanol–water partition coefficient (Wildman–Crippen LogP) is 3.27. The number of aryl methyl sites for hydroxylation is 2. The second-order valence-electron chi connectivity index (χ2n) is 6.03. The van der Waals surface area contributed by atoms with Crippen LogP contribution in [-0.4, -0.2) is 19.3 Å².